The minimum atomic E-state index is -4.40. The standard InChI is InChI=1S/C20H16F3N5S/c1-24-29-15-7-3-6-14(9-15)27-18-16-10-17(28-19(16)26-11-25-18)12-4-2-5-13(8-12)20(21,22)23/h2-11,24H,1H3,(H2,25,26,27,28). The number of nitrogens with one attached hydrogen (secondary N) is 3. The first-order chi connectivity index (χ1) is 13.9. The van der Waals surface area contributed by atoms with Crippen molar-refractivity contribution in [1.29, 1.82) is 0 Å². The van der Waals surface area contributed by atoms with E-state index in [0.29, 0.717) is 28.1 Å². The summed E-state index contributed by atoms with van der Waals surface area (Å²) < 4.78 is 42.1. The molecule has 9 heteroatoms. The van der Waals surface area contributed by atoms with E-state index in [1.54, 1.807) is 12.1 Å². The molecular weight excluding hydrogens is 399 g/mol. The smallest absolute Gasteiger partial charge is 0.340 e. The largest absolute Gasteiger partial charge is 0.416 e. The van der Waals surface area contributed by atoms with Gasteiger partial charge in [-0.25, -0.2) is 9.97 Å². The number of halogens is 3. The summed E-state index contributed by atoms with van der Waals surface area (Å²) in [4.78, 5) is 12.6. The zero-order chi connectivity index (χ0) is 20.4. The van der Waals surface area contributed by atoms with Crippen molar-refractivity contribution in [2.45, 2.75) is 11.1 Å². The SMILES string of the molecule is CNSc1cccc(Nc2ncnc3[nH]c(-c4cccc(C(F)(F)F)c4)cc23)c1. The number of benzene rings is 2. The zero-order valence-corrected chi connectivity index (χ0v) is 16.0. The lowest BCUT2D eigenvalue weighted by Gasteiger charge is -2.08. The Morgan fingerprint density at radius 3 is 2.62 bits per heavy atom. The number of anilines is 2. The summed E-state index contributed by atoms with van der Waals surface area (Å²) >= 11 is 1.49. The van der Waals surface area contributed by atoms with Gasteiger partial charge in [-0.3, -0.25) is 4.72 Å². The number of nitrogens with zero attached hydrogens (tertiary/aromatic N) is 2. The Labute approximate surface area is 168 Å². The number of aromatic amines is 1. The number of hydrogen-bond acceptors (Lipinski definition) is 5. The minimum absolute atomic E-state index is 0.427. The van der Waals surface area contributed by atoms with Crippen molar-refractivity contribution in [2.24, 2.45) is 0 Å². The molecule has 4 rings (SSSR count). The molecule has 2 aromatic heterocycles. The van der Waals surface area contributed by atoms with Gasteiger partial charge in [-0.15, -0.1) is 0 Å². The summed E-state index contributed by atoms with van der Waals surface area (Å²) in [5, 5.41) is 3.94. The number of fused-ring (bicyclic) bond motifs is 1. The van der Waals surface area contributed by atoms with Gasteiger partial charge >= 0.3 is 6.18 Å². The summed E-state index contributed by atoms with van der Waals surface area (Å²) in [6.07, 6.45) is -2.99. The highest BCUT2D eigenvalue weighted by Crippen LogP contribution is 2.34. The first kappa shape index (κ1) is 19.3. The highest BCUT2D eigenvalue weighted by Gasteiger charge is 2.30. The molecule has 0 aliphatic carbocycles. The molecule has 0 radical (unpaired) electrons. The van der Waals surface area contributed by atoms with Gasteiger partial charge < -0.3 is 10.3 Å². The van der Waals surface area contributed by atoms with E-state index in [-0.39, 0.29) is 0 Å². The van der Waals surface area contributed by atoms with E-state index in [2.05, 4.69) is 25.0 Å². The molecule has 0 aliphatic heterocycles. The van der Waals surface area contributed by atoms with Gasteiger partial charge in [0.2, 0.25) is 0 Å². The molecule has 5 nitrogen and oxygen atoms in total. The maximum atomic E-state index is 13.0. The molecule has 3 N–H and O–H groups in total. The quantitative estimate of drug-likeness (QED) is 0.370. The predicted octanol–water partition coefficient (Wildman–Crippen LogP) is 5.61. The topological polar surface area (TPSA) is 65.6 Å². The average molecular weight is 415 g/mol. The maximum Gasteiger partial charge on any atom is 0.416 e. The van der Waals surface area contributed by atoms with E-state index in [4.69, 9.17) is 0 Å². The first-order valence-corrected chi connectivity index (χ1v) is 9.48. The zero-order valence-electron chi connectivity index (χ0n) is 15.2. The Morgan fingerprint density at radius 1 is 1.00 bits per heavy atom. The second kappa shape index (κ2) is 7.76. The summed E-state index contributed by atoms with van der Waals surface area (Å²) in [6.45, 7) is 0. The van der Waals surface area contributed by atoms with Crippen molar-refractivity contribution in [3.63, 3.8) is 0 Å². The second-order valence-corrected chi connectivity index (χ2v) is 7.29. The molecule has 0 amide bonds. The Bertz CT molecular complexity index is 1160. The molecule has 2 heterocycles. The van der Waals surface area contributed by atoms with E-state index in [0.717, 1.165) is 22.7 Å². The van der Waals surface area contributed by atoms with Gasteiger partial charge in [0.15, 0.2) is 0 Å². The first-order valence-electron chi connectivity index (χ1n) is 8.66. The van der Waals surface area contributed by atoms with Crippen LogP contribution in [0.15, 0.2) is 65.8 Å². The van der Waals surface area contributed by atoms with E-state index in [9.17, 15) is 13.2 Å². The number of aromatic nitrogens is 3. The van der Waals surface area contributed by atoms with Crippen molar-refractivity contribution in [3.05, 3.63) is 66.5 Å². The highest BCUT2D eigenvalue weighted by atomic mass is 32.2. The molecule has 0 atom stereocenters. The Balaban J connectivity index is 1.70. The maximum absolute atomic E-state index is 13.0. The number of hydrogen-bond donors (Lipinski definition) is 3. The van der Waals surface area contributed by atoms with Gasteiger partial charge in [-0.1, -0.05) is 18.2 Å². The van der Waals surface area contributed by atoms with Crippen molar-refractivity contribution in [3.8, 4) is 11.3 Å². The van der Waals surface area contributed by atoms with Crippen LogP contribution in [0.5, 0.6) is 0 Å². The second-order valence-electron chi connectivity index (χ2n) is 6.21. The molecule has 2 aromatic carbocycles. The lowest BCUT2D eigenvalue weighted by atomic mass is 10.1. The molecule has 0 unspecified atom stereocenters. The summed E-state index contributed by atoms with van der Waals surface area (Å²) in [7, 11) is 1.84. The normalized spacial score (nSPS) is 11.7. The van der Waals surface area contributed by atoms with Gasteiger partial charge in [-0.2, -0.15) is 13.2 Å². The highest BCUT2D eigenvalue weighted by molar-refractivity contribution is 7.97. The van der Waals surface area contributed by atoms with Crippen LogP contribution in [0.2, 0.25) is 0 Å². The number of H-pyrrole nitrogens is 1. The van der Waals surface area contributed by atoms with Crippen molar-refractivity contribution in [1.82, 2.24) is 19.7 Å². The summed E-state index contributed by atoms with van der Waals surface area (Å²) in [6, 6.07) is 14.7. The van der Waals surface area contributed by atoms with Crippen molar-refractivity contribution < 1.29 is 13.2 Å². The number of alkyl halides is 3. The summed E-state index contributed by atoms with van der Waals surface area (Å²) in [5.41, 5.74) is 1.64. The van der Waals surface area contributed by atoms with Crippen LogP contribution in [0.1, 0.15) is 5.56 Å². The van der Waals surface area contributed by atoms with Gasteiger partial charge in [0.25, 0.3) is 0 Å². The van der Waals surface area contributed by atoms with Crippen LogP contribution in [0.4, 0.5) is 24.7 Å². The third kappa shape index (κ3) is 4.20. The summed E-state index contributed by atoms with van der Waals surface area (Å²) in [5.74, 6) is 0.566. The molecule has 0 saturated carbocycles. The van der Waals surface area contributed by atoms with Crippen LogP contribution in [-0.2, 0) is 6.18 Å². The van der Waals surface area contributed by atoms with Crippen LogP contribution in [0.25, 0.3) is 22.3 Å². The third-order valence-electron chi connectivity index (χ3n) is 4.24. The van der Waals surface area contributed by atoms with Crippen LogP contribution in [0.3, 0.4) is 0 Å². The van der Waals surface area contributed by atoms with E-state index < -0.39 is 11.7 Å². The van der Waals surface area contributed by atoms with Gasteiger partial charge in [0, 0.05) is 16.3 Å². The molecule has 0 bridgehead atoms. The average Bonchev–Trinajstić information content (AvgIpc) is 3.14. The fourth-order valence-corrected chi connectivity index (χ4v) is 3.52. The van der Waals surface area contributed by atoms with Gasteiger partial charge in [0.1, 0.15) is 17.8 Å². The Morgan fingerprint density at radius 2 is 1.83 bits per heavy atom. The van der Waals surface area contributed by atoms with Gasteiger partial charge in [-0.05, 0) is 61.0 Å². The van der Waals surface area contributed by atoms with Crippen LogP contribution in [-0.4, -0.2) is 22.0 Å². The molecule has 4 aromatic rings. The van der Waals surface area contributed by atoms with E-state index >= 15 is 0 Å². The van der Waals surface area contributed by atoms with Crippen LogP contribution < -0.4 is 10.0 Å². The fourth-order valence-electron chi connectivity index (χ4n) is 2.95. The molecule has 0 spiro atoms. The van der Waals surface area contributed by atoms with E-state index in [1.165, 1.54) is 24.3 Å². The fraction of sp³-hybridized carbons (Fsp3) is 0.100. The molecular formula is C20H16F3N5S. The Kier molecular flexibility index (Phi) is 5.16. The lowest BCUT2D eigenvalue weighted by molar-refractivity contribution is -0.137. The molecule has 29 heavy (non-hydrogen) atoms. The third-order valence-corrected chi connectivity index (χ3v) is 4.94. The van der Waals surface area contributed by atoms with Crippen molar-refractivity contribution >= 4 is 34.5 Å². The van der Waals surface area contributed by atoms with Crippen molar-refractivity contribution in [2.75, 3.05) is 12.4 Å². The van der Waals surface area contributed by atoms with Crippen LogP contribution in [0, 0.1) is 0 Å². The number of rotatable bonds is 5. The molecule has 0 fully saturated rings. The molecule has 0 aliphatic rings. The van der Waals surface area contributed by atoms with E-state index in [1.807, 2.05) is 31.3 Å². The Hall–Kier alpha value is -3.04. The molecule has 0 saturated heterocycles. The van der Waals surface area contributed by atoms with Crippen LogP contribution >= 0.6 is 11.9 Å². The molecule has 148 valence electrons. The lowest BCUT2D eigenvalue weighted by Crippen LogP contribution is -2.04. The van der Waals surface area contributed by atoms with Gasteiger partial charge in [0.05, 0.1) is 10.9 Å². The monoisotopic (exact) mass is 415 g/mol. The predicted molar refractivity (Wildman–Crippen MR) is 109 cm³/mol. The minimum Gasteiger partial charge on any atom is -0.340 e.